The van der Waals surface area contributed by atoms with Crippen molar-refractivity contribution in [2.45, 2.75) is 39.2 Å². The molecule has 1 aliphatic heterocycles. The molecule has 1 N–H and O–H groups in total. The Kier molecular flexibility index (Phi) is 4.54. The largest absolute Gasteiger partial charge is 0.352 e. The first-order valence-electron chi connectivity index (χ1n) is 6.73. The summed E-state index contributed by atoms with van der Waals surface area (Å²) in [4.78, 5) is 25.0. The van der Waals surface area contributed by atoms with Crippen molar-refractivity contribution in [1.82, 2.24) is 10.2 Å². The van der Waals surface area contributed by atoms with Crippen LogP contribution in [0.15, 0.2) is 0 Å². The summed E-state index contributed by atoms with van der Waals surface area (Å²) in [5.74, 6) is 2.46. The maximum atomic E-state index is 12.0. The van der Waals surface area contributed by atoms with Crippen molar-refractivity contribution in [2.24, 2.45) is 11.8 Å². The van der Waals surface area contributed by atoms with E-state index in [1.807, 2.05) is 0 Å². The fraction of sp³-hybridized carbons (Fsp3) is 0.846. The monoisotopic (exact) mass is 270 g/mol. The van der Waals surface area contributed by atoms with E-state index >= 15 is 0 Å². The molecule has 0 aromatic carbocycles. The Morgan fingerprint density at radius 3 is 2.89 bits per heavy atom. The average Bonchev–Trinajstić information content (AvgIpc) is 2.71. The summed E-state index contributed by atoms with van der Waals surface area (Å²) in [6.07, 6.45) is 3.52. The first-order chi connectivity index (χ1) is 8.58. The fourth-order valence-electron chi connectivity index (χ4n) is 2.75. The summed E-state index contributed by atoms with van der Waals surface area (Å²) in [5.41, 5.74) is 0. The molecule has 0 aromatic rings. The van der Waals surface area contributed by atoms with Gasteiger partial charge >= 0.3 is 0 Å². The zero-order valence-corrected chi connectivity index (χ0v) is 12.0. The summed E-state index contributed by atoms with van der Waals surface area (Å²) in [6.45, 7) is 4.69. The van der Waals surface area contributed by atoms with Gasteiger partial charge in [-0.3, -0.25) is 9.59 Å². The quantitative estimate of drug-likeness (QED) is 0.844. The zero-order chi connectivity index (χ0) is 13.1. The second kappa shape index (κ2) is 5.95. The van der Waals surface area contributed by atoms with E-state index in [9.17, 15) is 9.59 Å². The van der Waals surface area contributed by atoms with Gasteiger partial charge in [0.2, 0.25) is 11.8 Å². The molecule has 2 rings (SSSR count). The molecule has 2 aliphatic rings. The van der Waals surface area contributed by atoms with Crippen molar-refractivity contribution in [2.75, 3.05) is 18.2 Å². The van der Waals surface area contributed by atoms with Crippen LogP contribution in [0.3, 0.4) is 0 Å². The Labute approximate surface area is 113 Å². The molecule has 1 saturated carbocycles. The predicted octanol–water partition coefficient (Wildman–Crippen LogP) is 1.46. The molecule has 1 aliphatic carbocycles. The standard InChI is InChI=1S/C13H22N2O2S/c1-9-4-3-5-11(10(9)2)14-12(16)6-15-8-18-7-13(15)17/h9-11H,3-8H2,1-2H3,(H,14,16). The minimum atomic E-state index is -0.00296. The summed E-state index contributed by atoms with van der Waals surface area (Å²) < 4.78 is 0. The molecular weight excluding hydrogens is 248 g/mol. The smallest absolute Gasteiger partial charge is 0.239 e. The van der Waals surface area contributed by atoms with Gasteiger partial charge < -0.3 is 10.2 Å². The molecule has 4 nitrogen and oxygen atoms in total. The number of rotatable bonds is 3. The molecular formula is C13H22N2O2S. The number of hydrogen-bond donors (Lipinski definition) is 1. The first-order valence-corrected chi connectivity index (χ1v) is 7.88. The molecule has 2 fully saturated rings. The summed E-state index contributed by atoms with van der Waals surface area (Å²) >= 11 is 1.58. The highest BCUT2D eigenvalue weighted by molar-refractivity contribution is 8.00. The van der Waals surface area contributed by atoms with Crippen LogP contribution in [0.5, 0.6) is 0 Å². The van der Waals surface area contributed by atoms with Gasteiger partial charge in [0.25, 0.3) is 0 Å². The number of thioether (sulfide) groups is 1. The molecule has 5 heteroatoms. The van der Waals surface area contributed by atoms with Crippen LogP contribution in [0, 0.1) is 11.8 Å². The van der Waals surface area contributed by atoms with Crippen molar-refractivity contribution >= 4 is 23.6 Å². The van der Waals surface area contributed by atoms with Gasteiger partial charge in [0.1, 0.15) is 6.54 Å². The van der Waals surface area contributed by atoms with Gasteiger partial charge in [0.15, 0.2) is 0 Å². The molecule has 1 heterocycles. The van der Waals surface area contributed by atoms with Gasteiger partial charge in [-0.2, -0.15) is 0 Å². The molecule has 102 valence electrons. The van der Waals surface area contributed by atoms with Crippen molar-refractivity contribution in [3.8, 4) is 0 Å². The Hall–Kier alpha value is -0.710. The van der Waals surface area contributed by atoms with Crippen LogP contribution in [-0.4, -0.2) is 40.9 Å². The van der Waals surface area contributed by atoms with Crippen LogP contribution in [0.4, 0.5) is 0 Å². The van der Waals surface area contributed by atoms with Crippen LogP contribution in [0.25, 0.3) is 0 Å². The topological polar surface area (TPSA) is 49.4 Å². The molecule has 3 unspecified atom stereocenters. The van der Waals surface area contributed by atoms with E-state index in [4.69, 9.17) is 0 Å². The fourth-order valence-corrected chi connectivity index (χ4v) is 3.66. The van der Waals surface area contributed by atoms with Crippen LogP contribution >= 0.6 is 11.8 Å². The predicted molar refractivity (Wildman–Crippen MR) is 73.1 cm³/mol. The maximum Gasteiger partial charge on any atom is 0.239 e. The number of amides is 2. The second-order valence-electron chi connectivity index (χ2n) is 5.51. The second-order valence-corrected chi connectivity index (χ2v) is 6.47. The molecule has 0 bridgehead atoms. The lowest BCUT2D eigenvalue weighted by Crippen LogP contribution is -2.47. The molecule has 0 spiro atoms. The molecule has 3 atom stereocenters. The Bertz CT molecular complexity index is 335. The van der Waals surface area contributed by atoms with Gasteiger partial charge in [-0.25, -0.2) is 0 Å². The average molecular weight is 270 g/mol. The van der Waals surface area contributed by atoms with Gasteiger partial charge in [-0.1, -0.05) is 26.7 Å². The summed E-state index contributed by atoms with van der Waals surface area (Å²) in [7, 11) is 0. The van der Waals surface area contributed by atoms with Crippen molar-refractivity contribution in [3.63, 3.8) is 0 Å². The Morgan fingerprint density at radius 1 is 1.44 bits per heavy atom. The minimum Gasteiger partial charge on any atom is -0.352 e. The van der Waals surface area contributed by atoms with Crippen molar-refractivity contribution in [1.29, 1.82) is 0 Å². The third-order valence-electron chi connectivity index (χ3n) is 4.21. The highest BCUT2D eigenvalue weighted by Gasteiger charge is 2.29. The lowest BCUT2D eigenvalue weighted by Gasteiger charge is -2.34. The van der Waals surface area contributed by atoms with E-state index in [2.05, 4.69) is 19.2 Å². The van der Waals surface area contributed by atoms with Crippen molar-refractivity contribution < 1.29 is 9.59 Å². The Balaban J connectivity index is 1.81. The van der Waals surface area contributed by atoms with E-state index in [0.717, 1.165) is 6.42 Å². The highest BCUT2D eigenvalue weighted by Crippen LogP contribution is 2.29. The van der Waals surface area contributed by atoms with E-state index in [1.165, 1.54) is 12.8 Å². The van der Waals surface area contributed by atoms with Crippen LogP contribution in [0.1, 0.15) is 33.1 Å². The SMILES string of the molecule is CC1CCCC(NC(=O)CN2CSCC2=O)C1C. The molecule has 0 radical (unpaired) electrons. The third kappa shape index (κ3) is 3.19. The van der Waals surface area contributed by atoms with E-state index in [1.54, 1.807) is 16.7 Å². The number of nitrogens with zero attached hydrogens (tertiary/aromatic N) is 1. The molecule has 18 heavy (non-hydrogen) atoms. The van der Waals surface area contributed by atoms with E-state index in [0.29, 0.717) is 23.5 Å². The van der Waals surface area contributed by atoms with E-state index in [-0.39, 0.29) is 24.4 Å². The third-order valence-corrected chi connectivity index (χ3v) is 5.16. The van der Waals surface area contributed by atoms with E-state index < -0.39 is 0 Å². The van der Waals surface area contributed by atoms with Crippen LogP contribution < -0.4 is 5.32 Å². The molecule has 2 amide bonds. The summed E-state index contributed by atoms with van der Waals surface area (Å²) in [6, 6.07) is 0.284. The van der Waals surface area contributed by atoms with Crippen molar-refractivity contribution in [3.05, 3.63) is 0 Å². The van der Waals surface area contributed by atoms with Crippen LogP contribution in [-0.2, 0) is 9.59 Å². The van der Waals surface area contributed by atoms with Crippen LogP contribution in [0.2, 0.25) is 0 Å². The zero-order valence-electron chi connectivity index (χ0n) is 11.1. The van der Waals surface area contributed by atoms with Gasteiger partial charge in [-0.05, 0) is 18.3 Å². The highest BCUT2D eigenvalue weighted by atomic mass is 32.2. The minimum absolute atomic E-state index is 0.00296. The Morgan fingerprint density at radius 2 is 2.22 bits per heavy atom. The number of hydrogen-bond acceptors (Lipinski definition) is 3. The molecule has 0 aromatic heterocycles. The number of carbonyl (C=O) groups excluding carboxylic acids is 2. The number of carbonyl (C=O) groups is 2. The molecule has 1 saturated heterocycles. The maximum absolute atomic E-state index is 12.0. The lowest BCUT2D eigenvalue weighted by atomic mass is 9.78. The first kappa shape index (κ1) is 13.7. The van der Waals surface area contributed by atoms with Gasteiger partial charge in [0.05, 0.1) is 11.6 Å². The van der Waals surface area contributed by atoms with Gasteiger partial charge in [0, 0.05) is 6.04 Å². The normalized spacial score (nSPS) is 32.7. The number of nitrogens with one attached hydrogen (secondary N) is 1. The van der Waals surface area contributed by atoms with Gasteiger partial charge in [-0.15, -0.1) is 11.8 Å². The lowest BCUT2D eigenvalue weighted by molar-refractivity contribution is -0.133. The summed E-state index contributed by atoms with van der Waals surface area (Å²) in [5, 5.41) is 3.10.